The van der Waals surface area contributed by atoms with Gasteiger partial charge in [0.15, 0.2) is 0 Å². The number of fused-ring (bicyclic) bond motifs is 3. The van der Waals surface area contributed by atoms with Gasteiger partial charge in [-0.25, -0.2) is 10.0 Å². The minimum atomic E-state index is -0.911. The summed E-state index contributed by atoms with van der Waals surface area (Å²) in [4.78, 5) is 54.2. The molecule has 1 saturated heterocycles. The second-order valence-corrected chi connectivity index (χ2v) is 16.2. The molecule has 1 aromatic carbocycles. The number of piperidine rings is 1. The lowest BCUT2D eigenvalue weighted by Crippen LogP contribution is -2.50. The molecule has 2 aliphatic rings. The number of para-hydroxylation sites is 1. The number of hydrogen-bond donors (Lipinski definition) is 1. The molecule has 1 N–H and O–H groups in total. The number of carboxylic acid groups (broad SMARTS) is 1. The number of carbonyl (C=O) groups excluding carboxylic acids is 3. The third-order valence-corrected chi connectivity index (χ3v) is 10.3. The first kappa shape index (κ1) is 40.5. The monoisotopic (exact) mass is 711 g/mol. The zero-order valence-electron chi connectivity index (χ0n) is 32.2. The molecule has 2 aromatic rings. The largest absolute Gasteiger partial charge is 0.481 e. The van der Waals surface area contributed by atoms with Crippen LogP contribution in [0.2, 0.25) is 0 Å². The number of Topliss-reactive ketones (excluding diaryl/α,β-unsaturated/α-hetero) is 1. The topological polar surface area (TPSA) is 125 Å². The molecule has 51 heavy (non-hydrogen) atoms. The summed E-state index contributed by atoms with van der Waals surface area (Å²) >= 11 is 0. The minimum absolute atomic E-state index is 0.00847. The fourth-order valence-corrected chi connectivity index (χ4v) is 7.51. The quantitative estimate of drug-likeness (QED) is 0.236. The second-order valence-electron chi connectivity index (χ2n) is 16.2. The Hall–Kier alpha value is -3.32. The Morgan fingerprint density at radius 1 is 0.863 bits per heavy atom. The van der Waals surface area contributed by atoms with Crippen LogP contribution >= 0.6 is 0 Å². The highest BCUT2D eigenvalue weighted by atomic mass is 16.5. The zero-order valence-corrected chi connectivity index (χ0v) is 32.2. The summed E-state index contributed by atoms with van der Waals surface area (Å²) in [5.74, 6) is -0.817. The summed E-state index contributed by atoms with van der Waals surface area (Å²) < 4.78 is 13.4. The molecule has 1 aromatic heterocycles. The lowest BCUT2D eigenvalue weighted by Gasteiger charge is -2.46. The maximum absolute atomic E-state index is 13.7. The third-order valence-electron chi connectivity index (χ3n) is 10.3. The van der Waals surface area contributed by atoms with Crippen molar-refractivity contribution in [2.24, 2.45) is 10.8 Å². The Morgan fingerprint density at radius 2 is 1.51 bits per heavy atom. The van der Waals surface area contributed by atoms with Gasteiger partial charge in [-0.1, -0.05) is 59.7 Å². The van der Waals surface area contributed by atoms with E-state index in [0.717, 1.165) is 6.54 Å². The number of benzene rings is 1. The predicted molar refractivity (Wildman–Crippen MR) is 197 cm³/mol. The molecule has 2 amide bonds. The molecule has 1 fully saturated rings. The summed E-state index contributed by atoms with van der Waals surface area (Å²) in [6.45, 7) is 16.3. The van der Waals surface area contributed by atoms with Crippen LogP contribution in [0.5, 0.6) is 0 Å². The maximum Gasteiger partial charge on any atom is 0.305 e. The number of aliphatic carboxylic acids is 1. The van der Waals surface area contributed by atoms with Crippen LogP contribution in [0.15, 0.2) is 24.3 Å². The molecule has 2 aliphatic heterocycles. The van der Waals surface area contributed by atoms with Crippen LogP contribution in [0, 0.1) is 10.8 Å². The predicted octanol–water partition coefficient (Wildman–Crippen LogP) is 5.13. The van der Waals surface area contributed by atoms with Gasteiger partial charge in [0, 0.05) is 93.2 Å². The number of ether oxygens (including phenoxy) is 2. The Bertz CT molecular complexity index is 1520. The van der Waals surface area contributed by atoms with E-state index >= 15 is 0 Å². The van der Waals surface area contributed by atoms with Gasteiger partial charge in [0.2, 0.25) is 11.8 Å². The van der Waals surface area contributed by atoms with Gasteiger partial charge in [0.25, 0.3) is 0 Å². The van der Waals surface area contributed by atoms with Gasteiger partial charge in [0.05, 0.1) is 45.4 Å². The van der Waals surface area contributed by atoms with Crippen molar-refractivity contribution in [1.82, 2.24) is 24.4 Å². The lowest BCUT2D eigenvalue weighted by atomic mass is 9.80. The van der Waals surface area contributed by atoms with Crippen molar-refractivity contribution in [3.63, 3.8) is 0 Å². The summed E-state index contributed by atoms with van der Waals surface area (Å²) in [6, 6.07) is 8.70. The number of rotatable bonds is 16. The Balaban J connectivity index is 1.38. The van der Waals surface area contributed by atoms with E-state index in [-0.39, 0.29) is 67.6 Å². The van der Waals surface area contributed by atoms with Gasteiger partial charge < -0.3 is 28.9 Å². The first-order chi connectivity index (χ1) is 24.0. The third kappa shape index (κ3) is 10.4. The second kappa shape index (κ2) is 17.5. The van der Waals surface area contributed by atoms with Crippen LogP contribution < -0.4 is 0 Å². The summed E-state index contributed by atoms with van der Waals surface area (Å²) in [7, 11) is 4.29. The summed E-state index contributed by atoms with van der Waals surface area (Å²) in [6.07, 6.45) is 1.99. The Labute approximate surface area is 304 Å². The van der Waals surface area contributed by atoms with Crippen molar-refractivity contribution < 1.29 is 33.8 Å². The normalized spacial score (nSPS) is 17.9. The number of carboxylic acids is 1. The highest BCUT2D eigenvalue weighted by molar-refractivity contribution is 5.88. The van der Waals surface area contributed by atoms with Crippen molar-refractivity contribution in [1.29, 1.82) is 0 Å². The number of amides is 2. The molecule has 1 unspecified atom stereocenters. The van der Waals surface area contributed by atoms with Crippen LogP contribution in [0.3, 0.4) is 0 Å². The fraction of sp³-hybridized carbons (Fsp3) is 0.692. The van der Waals surface area contributed by atoms with Gasteiger partial charge in [-0.2, -0.15) is 0 Å². The van der Waals surface area contributed by atoms with Crippen LogP contribution in [0.25, 0.3) is 10.9 Å². The van der Waals surface area contributed by atoms with Crippen molar-refractivity contribution in [3.05, 3.63) is 35.5 Å². The number of hydrazine groups is 1. The number of likely N-dealkylation sites (tertiary alicyclic amines) is 1. The van der Waals surface area contributed by atoms with Gasteiger partial charge >= 0.3 is 5.97 Å². The van der Waals surface area contributed by atoms with Gasteiger partial charge in [0.1, 0.15) is 5.78 Å². The Kier molecular flexibility index (Phi) is 13.9. The zero-order chi connectivity index (χ0) is 37.5. The molecule has 4 rings (SSSR count). The molecular formula is C39H61N5O7. The van der Waals surface area contributed by atoms with Crippen molar-refractivity contribution in [2.75, 3.05) is 60.2 Å². The first-order valence-electron chi connectivity index (χ1n) is 18.5. The SMILES string of the molecule is CN1Cc2c(c3ccccc3n2CCC(=O)N2CCC(N(CCOCCOCCC(=O)O)C(=O)CCC(=O)C(C)(C)C)CC2)C(C(C)(C)C)N1C. The van der Waals surface area contributed by atoms with E-state index in [1.54, 1.807) is 0 Å². The maximum atomic E-state index is 13.7. The molecule has 12 nitrogen and oxygen atoms in total. The molecule has 0 radical (unpaired) electrons. The minimum Gasteiger partial charge on any atom is -0.481 e. The van der Waals surface area contributed by atoms with E-state index in [1.165, 1.54) is 22.2 Å². The fourth-order valence-electron chi connectivity index (χ4n) is 7.51. The number of aromatic nitrogens is 1. The molecule has 0 saturated carbocycles. The summed E-state index contributed by atoms with van der Waals surface area (Å²) in [5, 5.41) is 14.6. The molecule has 0 spiro atoms. The average Bonchev–Trinajstić information content (AvgIpc) is 3.36. The van der Waals surface area contributed by atoms with Crippen LogP contribution in [0.4, 0.5) is 0 Å². The molecule has 3 heterocycles. The molecular weight excluding hydrogens is 650 g/mol. The molecule has 0 bridgehead atoms. The first-order valence-corrected chi connectivity index (χ1v) is 18.5. The molecule has 284 valence electrons. The van der Waals surface area contributed by atoms with Crippen molar-refractivity contribution in [3.8, 4) is 0 Å². The van der Waals surface area contributed by atoms with Crippen LogP contribution in [-0.2, 0) is 41.7 Å². The Morgan fingerprint density at radius 3 is 2.14 bits per heavy atom. The van der Waals surface area contributed by atoms with Gasteiger partial charge in [-0.15, -0.1) is 0 Å². The lowest BCUT2D eigenvalue weighted by molar-refractivity contribution is -0.139. The van der Waals surface area contributed by atoms with E-state index < -0.39 is 11.4 Å². The number of ketones is 1. The molecule has 12 heteroatoms. The molecule has 1 atom stereocenters. The highest BCUT2D eigenvalue weighted by Crippen LogP contribution is 2.46. The van der Waals surface area contributed by atoms with E-state index in [0.29, 0.717) is 58.7 Å². The number of carbonyl (C=O) groups is 4. The van der Waals surface area contributed by atoms with Crippen LogP contribution in [0.1, 0.15) is 97.4 Å². The smallest absolute Gasteiger partial charge is 0.305 e. The standard InChI is InChI=1S/C39H61N5O7/c1-38(2,3)32(45)13-14-34(47)43(22-24-51-26-25-50-23-18-35(48)49)28-15-19-42(20-16-28)33(46)17-21-44-30-12-10-9-11-29(30)36-31(44)27-40(7)41(8)37(36)39(4,5)6/h9-12,28,37H,13-27H2,1-8H3,(H,48,49). The number of nitrogens with zero attached hydrogens (tertiary/aromatic N) is 5. The van der Waals surface area contributed by atoms with Gasteiger partial charge in [-0.3, -0.25) is 19.2 Å². The number of aryl methyl sites for hydroxylation is 1. The van der Waals surface area contributed by atoms with Crippen molar-refractivity contribution >= 4 is 34.5 Å². The van der Waals surface area contributed by atoms with E-state index in [2.05, 4.69) is 73.7 Å². The van der Waals surface area contributed by atoms with Crippen LogP contribution in [-0.4, -0.2) is 119 Å². The number of hydrogen-bond acceptors (Lipinski definition) is 8. The summed E-state index contributed by atoms with van der Waals surface area (Å²) in [5.41, 5.74) is 3.30. The van der Waals surface area contributed by atoms with E-state index in [1.807, 2.05) is 30.6 Å². The highest BCUT2D eigenvalue weighted by Gasteiger charge is 2.40. The molecule has 0 aliphatic carbocycles. The van der Waals surface area contributed by atoms with Gasteiger partial charge in [-0.05, 0) is 24.3 Å². The van der Waals surface area contributed by atoms with E-state index in [4.69, 9.17) is 14.6 Å². The van der Waals surface area contributed by atoms with Crippen molar-refractivity contribution in [2.45, 2.75) is 105 Å². The average molecular weight is 712 g/mol. The van der Waals surface area contributed by atoms with E-state index in [9.17, 15) is 19.2 Å².